The van der Waals surface area contributed by atoms with E-state index in [4.69, 9.17) is 4.42 Å². The second-order valence-electron chi connectivity index (χ2n) is 6.22. The van der Waals surface area contributed by atoms with Crippen LogP contribution in [0.15, 0.2) is 65.1 Å². The molecule has 0 spiro atoms. The van der Waals surface area contributed by atoms with Crippen molar-refractivity contribution < 1.29 is 18.4 Å². The van der Waals surface area contributed by atoms with Crippen molar-refractivity contribution in [2.24, 2.45) is 0 Å². The Balaban J connectivity index is 1.64. The highest BCUT2D eigenvalue weighted by molar-refractivity contribution is 5.98. The van der Waals surface area contributed by atoms with Gasteiger partial charge in [0.25, 0.3) is 5.91 Å². The number of carbonyl (C=O) groups is 2. The van der Waals surface area contributed by atoms with E-state index in [9.17, 15) is 14.0 Å². The zero-order valence-electron chi connectivity index (χ0n) is 15.0. The maximum atomic E-state index is 13.8. The number of nitrogens with zero attached hydrogens (tertiary/aromatic N) is 1. The molecule has 138 valence electrons. The van der Waals surface area contributed by atoms with Gasteiger partial charge in [-0.2, -0.15) is 0 Å². The minimum Gasteiger partial charge on any atom is -0.451 e. The van der Waals surface area contributed by atoms with E-state index in [2.05, 4.69) is 5.32 Å². The van der Waals surface area contributed by atoms with E-state index in [1.165, 1.54) is 30.1 Å². The van der Waals surface area contributed by atoms with Crippen LogP contribution in [0.2, 0.25) is 0 Å². The topological polar surface area (TPSA) is 62.6 Å². The van der Waals surface area contributed by atoms with Crippen molar-refractivity contribution in [3.63, 3.8) is 0 Å². The van der Waals surface area contributed by atoms with Crippen LogP contribution in [0.5, 0.6) is 0 Å². The van der Waals surface area contributed by atoms with E-state index in [1.807, 2.05) is 19.1 Å². The molecule has 2 amide bonds. The fourth-order valence-electron chi connectivity index (χ4n) is 2.57. The summed E-state index contributed by atoms with van der Waals surface area (Å²) in [5, 5.41) is 2.73. The maximum absolute atomic E-state index is 13.8. The lowest BCUT2D eigenvalue weighted by atomic mass is 10.1. The molecule has 1 N–H and O–H groups in total. The Kier molecular flexibility index (Phi) is 5.35. The van der Waals surface area contributed by atoms with E-state index < -0.39 is 11.7 Å². The fraction of sp³-hybridized carbons (Fsp3) is 0.143. The molecule has 0 bridgehead atoms. The normalized spacial score (nSPS) is 10.5. The average Bonchev–Trinajstić information content (AvgIpc) is 3.13. The summed E-state index contributed by atoms with van der Waals surface area (Å²) in [6, 6.07) is 16.5. The van der Waals surface area contributed by atoms with Crippen LogP contribution < -0.4 is 5.32 Å². The molecule has 0 unspecified atom stereocenters. The molecule has 1 aromatic heterocycles. The largest absolute Gasteiger partial charge is 0.451 e. The molecule has 0 aliphatic heterocycles. The van der Waals surface area contributed by atoms with Gasteiger partial charge in [-0.15, -0.1) is 0 Å². The number of amides is 2. The van der Waals surface area contributed by atoms with Crippen LogP contribution in [0.25, 0.3) is 11.3 Å². The molecule has 2 aromatic carbocycles. The lowest BCUT2D eigenvalue weighted by Gasteiger charge is -2.15. The first-order chi connectivity index (χ1) is 12.9. The second kappa shape index (κ2) is 7.86. The van der Waals surface area contributed by atoms with Crippen LogP contribution in [-0.4, -0.2) is 30.3 Å². The molecule has 27 heavy (non-hydrogen) atoms. The molecule has 3 aromatic rings. The fourth-order valence-corrected chi connectivity index (χ4v) is 2.57. The summed E-state index contributed by atoms with van der Waals surface area (Å²) in [7, 11) is 1.50. The van der Waals surface area contributed by atoms with Crippen LogP contribution in [0.4, 0.5) is 10.1 Å². The second-order valence-corrected chi connectivity index (χ2v) is 6.22. The molecule has 0 atom stereocenters. The number of likely N-dealkylation sites (N-methyl/N-ethyl adjacent to an activating group) is 1. The van der Waals surface area contributed by atoms with Crippen molar-refractivity contribution in [2.45, 2.75) is 6.92 Å². The Morgan fingerprint density at radius 2 is 1.74 bits per heavy atom. The standard InChI is InChI=1S/C21H19FN2O3/c1-14-7-9-15(10-8-14)23-20(25)13-24(2)21(26)19-12-11-18(27-19)16-5-3-4-6-17(16)22/h3-12H,13H2,1-2H3,(H,23,25). The smallest absolute Gasteiger partial charge is 0.289 e. The summed E-state index contributed by atoms with van der Waals surface area (Å²) in [5.41, 5.74) is 2.02. The van der Waals surface area contributed by atoms with E-state index in [0.29, 0.717) is 5.69 Å². The van der Waals surface area contributed by atoms with Gasteiger partial charge < -0.3 is 14.6 Å². The van der Waals surface area contributed by atoms with Gasteiger partial charge in [0.1, 0.15) is 11.6 Å². The van der Waals surface area contributed by atoms with Crippen molar-refractivity contribution in [3.05, 3.63) is 77.8 Å². The quantitative estimate of drug-likeness (QED) is 0.739. The van der Waals surface area contributed by atoms with Gasteiger partial charge in [0.05, 0.1) is 12.1 Å². The minimum absolute atomic E-state index is 0.0406. The van der Waals surface area contributed by atoms with Crippen molar-refractivity contribution in [1.82, 2.24) is 4.90 Å². The third-order valence-electron chi connectivity index (χ3n) is 4.02. The summed E-state index contributed by atoms with van der Waals surface area (Å²) in [6.45, 7) is 1.82. The summed E-state index contributed by atoms with van der Waals surface area (Å²) in [4.78, 5) is 25.8. The molecule has 0 aliphatic rings. The predicted molar refractivity (Wildman–Crippen MR) is 101 cm³/mol. The van der Waals surface area contributed by atoms with Crippen LogP contribution in [0, 0.1) is 12.7 Å². The van der Waals surface area contributed by atoms with Gasteiger partial charge in [0.15, 0.2) is 5.76 Å². The molecule has 0 fully saturated rings. The molecular weight excluding hydrogens is 347 g/mol. The number of benzene rings is 2. The monoisotopic (exact) mass is 366 g/mol. The average molecular weight is 366 g/mol. The highest BCUT2D eigenvalue weighted by Gasteiger charge is 2.19. The van der Waals surface area contributed by atoms with Crippen LogP contribution in [0.3, 0.4) is 0 Å². The number of halogens is 1. The Bertz CT molecular complexity index is 964. The Morgan fingerprint density at radius 3 is 2.44 bits per heavy atom. The van der Waals surface area contributed by atoms with Gasteiger partial charge in [-0.3, -0.25) is 9.59 Å². The lowest BCUT2D eigenvalue weighted by molar-refractivity contribution is -0.116. The maximum Gasteiger partial charge on any atom is 0.289 e. The van der Waals surface area contributed by atoms with Crippen LogP contribution in [-0.2, 0) is 4.79 Å². The highest BCUT2D eigenvalue weighted by atomic mass is 19.1. The molecule has 3 rings (SSSR count). The van der Waals surface area contributed by atoms with Gasteiger partial charge in [-0.1, -0.05) is 29.8 Å². The number of hydrogen-bond acceptors (Lipinski definition) is 3. The van der Waals surface area contributed by atoms with Crippen LogP contribution in [0.1, 0.15) is 16.1 Å². The van der Waals surface area contributed by atoms with Crippen molar-refractivity contribution >= 4 is 17.5 Å². The van der Waals surface area contributed by atoms with Crippen LogP contribution >= 0.6 is 0 Å². The number of carbonyl (C=O) groups excluding carboxylic acids is 2. The zero-order valence-corrected chi connectivity index (χ0v) is 15.0. The zero-order chi connectivity index (χ0) is 19.4. The number of aryl methyl sites for hydroxylation is 1. The lowest BCUT2D eigenvalue weighted by Crippen LogP contribution is -2.34. The highest BCUT2D eigenvalue weighted by Crippen LogP contribution is 2.25. The molecule has 1 heterocycles. The number of furan rings is 1. The van der Waals surface area contributed by atoms with Gasteiger partial charge in [0, 0.05) is 12.7 Å². The molecule has 0 saturated carbocycles. The third-order valence-corrected chi connectivity index (χ3v) is 4.02. The van der Waals surface area contributed by atoms with E-state index in [-0.39, 0.29) is 29.5 Å². The summed E-state index contributed by atoms with van der Waals surface area (Å²) in [6.07, 6.45) is 0. The number of hydrogen-bond donors (Lipinski definition) is 1. The molecule has 6 heteroatoms. The summed E-state index contributed by atoms with van der Waals surface area (Å²) < 4.78 is 19.3. The summed E-state index contributed by atoms with van der Waals surface area (Å²) >= 11 is 0. The van der Waals surface area contributed by atoms with Gasteiger partial charge in [0.2, 0.25) is 5.91 Å². The molecule has 0 aliphatic carbocycles. The number of nitrogens with one attached hydrogen (secondary N) is 1. The first kappa shape index (κ1) is 18.4. The van der Waals surface area contributed by atoms with Gasteiger partial charge in [-0.05, 0) is 43.3 Å². The predicted octanol–water partition coefficient (Wildman–Crippen LogP) is 4.10. The molecule has 0 radical (unpaired) electrons. The number of anilines is 1. The SMILES string of the molecule is Cc1ccc(NC(=O)CN(C)C(=O)c2ccc(-c3ccccc3F)o2)cc1. The number of rotatable bonds is 5. The van der Waals surface area contributed by atoms with E-state index in [1.54, 1.807) is 30.3 Å². The first-order valence-electron chi connectivity index (χ1n) is 8.41. The van der Waals surface area contributed by atoms with Gasteiger partial charge >= 0.3 is 0 Å². The van der Waals surface area contributed by atoms with E-state index in [0.717, 1.165) is 5.56 Å². The molecule has 0 saturated heterocycles. The van der Waals surface area contributed by atoms with E-state index >= 15 is 0 Å². The van der Waals surface area contributed by atoms with Gasteiger partial charge in [-0.25, -0.2) is 4.39 Å². The Hall–Kier alpha value is -3.41. The summed E-state index contributed by atoms with van der Waals surface area (Å²) in [5.74, 6) is -0.920. The Morgan fingerprint density at radius 1 is 1.04 bits per heavy atom. The molecular formula is C21H19FN2O3. The van der Waals surface area contributed by atoms with Crippen molar-refractivity contribution in [3.8, 4) is 11.3 Å². The molecule has 5 nitrogen and oxygen atoms in total. The van der Waals surface area contributed by atoms with Crippen molar-refractivity contribution in [1.29, 1.82) is 0 Å². The van der Waals surface area contributed by atoms with Crippen molar-refractivity contribution in [2.75, 3.05) is 18.9 Å². The minimum atomic E-state index is -0.461. The first-order valence-corrected chi connectivity index (χ1v) is 8.41. The third kappa shape index (κ3) is 4.41. The Labute approximate surface area is 156 Å².